The molecular formula is C30H24Cl2O4. The molecule has 0 amide bonds. The highest BCUT2D eigenvalue weighted by atomic mass is 35.5. The standard InChI is InChI=1S/C30H24Cl2O4/c1-3-9-21(10-4-2)20-35-30(34)24-13-7-14-25(17-24)36-29(33)19-23-12-6-5-11-22(23)18-26-27(31)15-8-16-28(26)32/h1-2,5-8,11-17,21H,9-10,18-20H2. The molecule has 0 atom stereocenters. The van der Waals surface area contributed by atoms with Gasteiger partial charge in [0.15, 0.2) is 0 Å². The maximum atomic E-state index is 12.7. The van der Waals surface area contributed by atoms with E-state index in [4.69, 9.17) is 45.5 Å². The summed E-state index contributed by atoms with van der Waals surface area (Å²) in [6, 6.07) is 19.1. The van der Waals surface area contributed by atoms with E-state index in [2.05, 4.69) is 11.8 Å². The lowest BCUT2D eigenvalue weighted by Crippen LogP contribution is -2.15. The summed E-state index contributed by atoms with van der Waals surface area (Å²) < 4.78 is 10.9. The molecule has 6 heteroatoms. The van der Waals surface area contributed by atoms with Crippen molar-refractivity contribution in [2.24, 2.45) is 5.92 Å². The van der Waals surface area contributed by atoms with Gasteiger partial charge in [0.1, 0.15) is 5.75 Å². The number of hydrogen-bond donors (Lipinski definition) is 0. The van der Waals surface area contributed by atoms with Crippen molar-refractivity contribution in [3.05, 3.63) is 99.0 Å². The molecule has 0 bridgehead atoms. The summed E-state index contributed by atoms with van der Waals surface area (Å²) in [5, 5.41) is 1.13. The van der Waals surface area contributed by atoms with Crippen LogP contribution in [0.2, 0.25) is 10.0 Å². The Hall–Kier alpha value is -3.70. The highest BCUT2D eigenvalue weighted by molar-refractivity contribution is 6.36. The molecule has 3 rings (SSSR count). The third kappa shape index (κ3) is 7.65. The van der Waals surface area contributed by atoms with Crippen molar-refractivity contribution in [3.8, 4) is 30.4 Å². The van der Waals surface area contributed by atoms with Crippen LogP contribution >= 0.6 is 23.2 Å². The van der Waals surface area contributed by atoms with Crippen LogP contribution in [-0.2, 0) is 22.4 Å². The summed E-state index contributed by atoms with van der Waals surface area (Å²) >= 11 is 12.6. The zero-order valence-electron chi connectivity index (χ0n) is 19.5. The van der Waals surface area contributed by atoms with Gasteiger partial charge in [0.25, 0.3) is 0 Å². The Bertz CT molecular complexity index is 1280. The molecule has 3 aromatic rings. The van der Waals surface area contributed by atoms with Crippen LogP contribution in [0, 0.1) is 30.6 Å². The van der Waals surface area contributed by atoms with Gasteiger partial charge in [0.2, 0.25) is 0 Å². The summed E-state index contributed by atoms with van der Waals surface area (Å²) in [7, 11) is 0. The maximum absolute atomic E-state index is 12.7. The molecule has 3 aromatic carbocycles. The van der Waals surface area contributed by atoms with Crippen molar-refractivity contribution in [2.75, 3.05) is 6.61 Å². The first-order chi connectivity index (χ1) is 17.4. The van der Waals surface area contributed by atoms with Crippen LogP contribution in [0.5, 0.6) is 5.75 Å². The molecule has 0 aliphatic rings. The summed E-state index contributed by atoms with van der Waals surface area (Å²) in [5.41, 5.74) is 2.76. The lowest BCUT2D eigenvalue weighted by atomic mass is 9.98. The van der Waals surface area contributed by atoms with E-state index in [1.807, 2.05) is 24.3 Å². The normalized spacial score (nSPS) is 10.4. The number of rotatable bonds is 10. The molecule has 0 N–H and O–H groups in total. The second-order valence-corrected chi connectivity index (χ2v) is 8.92. The van der Waals surface area contributed by atoms with E-state index < -0.39 is 11.9 Å². The average molecular weight is 519 g/mol. The van der Waals surface area contributed by atoms with Gasteiger partial charge in [0, 0.05) is 35.2 Å². The molecule has 36 heavy (non-hydrogen) atoms. The maximum Gasteiger partial charge on any atom is 0.338 e. The number of carbonyl (C=O) groups is 2. The Labute approximate surface area is 221 Å². The van der Waals surface area contributed by atoms with E-state index in [1.165, 1.54) is 6.07 Å². The van der Waals surface area contributed by atoms with Crippen molar-refractivity contribution in [3.63, 3.8) is 0 Å². The van der Waals surface area contributed by atoms with Gasteiger partial charge in [-0.2, -0.15) is 0 Å². The summed E-state index contributed by atoms with van der Waals surface area (Å²) in [4.78, 5) is 25.2. The van der Waals surface area contributed by atoms with Crippen LogP contribution in [0.25, 0.3) is 0 Å². The monoisotopic (exact) mass is 518 g/mol. The zero-order chi connectivity index (χ0) is 25.9. The fourth-order valence-corrected chi connectivity index (χ4v) is 4.13. The Morgan fingerprint density at radius 2 is 1.50 bits per heavy atom. The van der Waals surface area contributed by atoms with E-state index in [9.17, 15) is 9.59 Å². The van der Waals surface area contributed by atoms with Crippen molar-refractivity contribution in [2.45, 2.75) is 25.7 Å². The van der Waals surface area contributed by atoms with Crippen molar-refractivity contribution in [1.29, 1.82) is 0 Å². The van der Waals surface area contributed by atoms with Crippen molar-refractivity contribution < 1.29 is 19.1 Å². The molecular weight excluding hydrogens is 495 g/mol. The molecule has 182 valence electrons. The SMILES string of the molecule is C#CCC(CC#C)COC(=O)c1cccc(OC(=O)Cc2ccccc2Cc2c(Cl)cccc2Cl)c1. The number of ether oxygens (including phenoxy) is 2. The fraction of sp³-hybridized carbons (Fsp3) is 0.200. The van der Waals surface area contributed by atoms with Gasteiger partial charge in [-0.05, 0) is 47.0 Å². The van der Waals surface area contributed by atoms with E-state index >= 15 is 0 Å². The van der Waals surface area contributed by atoms with Crippen LogP contribution in [0.1, 0.15) is 39.9 Å². The molecule has 0 radical (unpaired) electrons. The van der Waals surface area contributed by atoms with E-state index in [0.29, 0.717) is 29.3 Å². The van der Waals surface area contributed by atoms with Crippen LogP contribution in [0.3, 0.4) is 0 Å². The quantitative estimate of drug-likeness (QED) is 0.173. The largest absolute Gasteiger partial charge is 0.462 e. The average Bonchev–Trinajstić information content (AvgIpc) is 2.86. The Balaban J connectivity index is 1.65. The van der Waals surface area contributed by atoms with Gasteiger partial charge >= 0.3 is 11.9 Å². The molecule has 0 saturated carbocycles. The van der Waals surface area contributed by atoms with Crippen LogP contribution in [-0.4, -0.2) is 18.5 Å². The minimum absolute atomic E-state index is 0.0345. The predicted molar refractivity (Wildman–Crippen MR) is 142 cm³/mol. The number of benzene rings is 3. The second kappa shape index (κ2) is 13.4. The summed E-state index contributed by atoms with van der Waals surface area (Å²) in [6.07, 6.45) is 12.0. The third-order valence-corrected chi connectivity index (χ3v) is 6.15. The molecule has 4 nitrogen and oxygen atoms in total. The predicted octanol–water partition coefficient (Wildman–Crippen LogP) is 6.55. The molecule has 0 aromatic heterocycles. The fourth-order valence-electron chi connectivity index (χ4n) is 3.60. The highest BCUT2D eigenvalue weighted by Gasteiger charge is 2.16. The second-order valence-electron chi connectivity index (χ2n) is 8.11. The van der Waals surface area contributed by atoms with E-state index in [0.717, 1.165) is 16.7 Å². The van der Waals surface area contributed by atoms with Gasteiger partial charge < -0.3 is 9.47 Å². The molecule has 0 heterocycles. The lowest BCUT2D eigenvalue weighted by molar-refractivity contribution is -0.133. The van der Waals surface area contributed by atoms with Gasteiger partial charge in [-0.3, -0.25) is 4.79 Å². The molecule has 0 fully saturated rings. The zero-order valence-corrected chi connectivity index (χ0v) is 21.0. The molecule has 0 aliphatic heterocycles. The topological polar surface area (TPSA) is 52.6 Å². The van der Waals surface area contributed by atoms with Crippen LogP contribution in [0.15, 0.2) is 66.7 Å². The van der Waals surface area contributed by atoms with E-state index in [-0.39, 0.29) is 30.3 Å². The number of terminal acetylenes is 2. The molecule has 0 saturated heterocycles. The highest BCUT2D eigenvalue weighted by Crippen LogP contribution is 2.28. The summed E-state index contributed by atoms with van der Waals surface area (Å²) in [5.74, 6) is 4.18. The van der Waals surface area contributed by atoms with Gasteiger partial charge in [-0.15, -0.1) is 24.7 Å². The smallest absolute Gasteiger partial charge is 0.338 e. The van der Waals surface area contributed by atoms with Crippen molar-refractivity contribution >= 4 is 35.1 Å². The first-order valence-electron chi connectivity index (χ1n) is 11.3. The Morgan fingerprint density at radius 1 is 0.861 bits per heavy atom. The minimum Gasteiger partial charge on any atom is -0.462 e. The minimum atomic E-state index is -0.547. The van der Waals surface area contributed by atoms with Gasteiger partial charge in [0.05, 0.1) is 18.6 Å². The lowest BCUT2D eigenvalue weighted by Gasteiger charge is -2.13. The third-order valence-electron chi connectivity index (χ3n) is 5.45. The van der Waals surface area contributed by atoms with E-state index in [1.54, 1.807) is 36.4 Å². The molecule has 0 spiro atoms. The van der Waals surface area contributed by atoms with Crippen LogP contribution < -0.4 is 4.74 Å². The molecule has 0 aliphatic carbocycles. The Kier molecular flexibility index (Phi) is 10.0. The number of carbonyl (C=O) groups excluding carboxylic acids is 2. The van der Waals surface area contributed by atoms with Gasteiger partial charge in [-0.1, -0.05) is 59.6 Å². The number of halogens is 2. The Morgan fingerprint density at radius 3 is 2.17 bits per heavy atom. The van der Waals surface area contributed by atoms with Gasteiger partial charge in [-0.25, -0.2) is 4.79 Å². The van der Waals surface area contributed by atoms with Crippen LogP contribution in [0.4, 0.5) is 0 Å². The molecule has 0 unspecified atom stereocenters. The first-order valence-corrected chi connectivity index (χ1v) is 12.0. The summed E-state index contributed by atoms with van der Waals surface area (Å²) in [6.45, 7) is 0.115. The number of esters is 2. The van der Waals surface area contributed by atoms with Crippen molar-refractivity contribution in [1.82, 2.24) is 0 Å². The first kappa shape index (κ1) is 26.9. The number of hydrogen-bond acceptors (Lipinski definition) is 4.